The average Bonchev–Trinajstić information content (AvgIpc) is 3.60. The molecule has 0 aliphatic carbocycles. The van der Waals surface area contributed by atoms with Gasteiger partial charge in [-0.2, -0.15) is 0 Å². The van der Waals surface area contributed by atoms with E-state index in [0.29, 0.717) is 33.7 Å². The summed E-state index contributed by atoms with van der Waals surface area (Å²) in [6.45, 7) is 10.7. The van der Waals surface area contributed by atoms with E-state index >= 15 is 0 Å². The predicted molar refractivity (Wildman–Crippen MR) is 180 cm³/mol. The van der Waals surface area contributed by atoms with Crippen molar-refractivity contribution in [2.75, 3.05) is 39.2 Å². The molecule has 0 atom stereocenters. The van der Waals surface area contributed by atoms with Crippen LogP contribution in [0, 0.1) is 0 Å². The quantitative estimate of drug-likeness (QED) is 0.198. The topological polar surface area (TPSA) is 125 Å². The Bertz CT molecular complexity index is 2060. The van der Waals surface area contributed by atoms with Gasteiger partial charge in [0.25, 0.3) is 5.91 Å². The van der Waals surface area contributed by atoms with Gasteiger partial charge in [0.2, 0.25) is 5.82 Å². The minimum atomic E-state index is -0.633. The summed E-state index contributed by atoms with van der Waals surface area (Å²) >= 11 is 0. The van der Waals surface area contributed by atoms with Crippen LogP contribution in [0.1, 0.15) is 22.5 Å². The van der Waals surface area contributed by atoms with Crippen molar-refractivity contribution in [3.05, 3.63) is 125 Å². The van der Waals surface area contributed by atoms with E-state index in [4.69, 9.17) is 13.9 Å². The zero-order valence-corrected chi connectivity index (χ0v) is 26.2. The number of nitrogens with zero attached hydrogens (tertiary/aromatic N) is 5. The van der Waals surface area contributed by atoms with Gasteiger partial charge in [0, 0.05) is 31.8 Å². The van der Waals surface area contributed by atoms with Gasteiger partial charge in [-0.05, 0) is 65.1 Å². The molecule has 0 spiro atoms. The SMILES string of the molecule is C=CC1=C(C=C)CN(CCc2ccc(-n3nnc(-c4cc(OC)c(OC)cc4NC(=O)c4cc(=O)c5ccccc5o4)n3)cc2)CC1. The lowest BCUT2D eigenvalue weighted by atomic mass is 9.99. The van der Waals surface area contributed by atoms with Gasteiger partial charge >= 0.3 is 0 Å². The van der Waals surface area contributed by atoms with Crippen LogP contribution >= 0.6 is 0 Å². The van der Waals surface area contributed by atoms with Gasteiger partial charge in [-0.25, -0.2) is 0 Å². The van der Waals surface area contributed by atoms with E-state index in [2.05, 4.69) is 50.9 Å². The first-order valence-electron chi connectivity index (χ1n) is 15.1. The van der Waals surface area contributed by atoms with Crippen molar-refractivity contribution in [3.63, 3.8) is 0 Å². The van der Waals surface area contributed by atoms with Crippen LogP contribution in [0.5, 0.6) is 11.5 Å². The average molecular weight is 631 g/mol. The number of fused-ring (bicyclic) bond motifs is 1. The number of para-hydroxylation sites is 1. The number of rotatable bonds is 11. The fourth-order valence-corrected chi connectivity index (χ4v) is 5.56. The molecule has 0 unspecified atom stereocenters. The highest BCUT2D eigenvalue weighted by Gasteiger charge is 2.21. The molecule has 6 rings (SSSR count). The van der Waals surface area contributed by atoms with Gasteiger partial charge in [0.1, 0.15) is 5.58 Å². The minimum Gasteiger partial charge on any atom is -0.493 e. The van der Waals surface area contributed by atoms with Crippen molar-refractivity contribution in [3.8, 4) is 28.6 Å². The third-order valence-corrected chi connectivity index (χ3v) is 8.17. The number of anilines is 1. The van der Waals surface area contributed by atoms with Crippen LogP contribution in [0.25, 0.3) is 28.0 Å². The molecule has 0 saturated carbocycles. The zero-order chi connectivity index (χ0) is 32.9. The monoisotopic (exact) mass is 630 g/mol. The van der Waals surface area contributed by atoms with Gasteiger partial charge in [0.15, 0.2) is 22.7 Å². The molecule has 5 aromatic rings. The molecule has 1 N–H and O–H groups in total. The largest absolute Gasteiger partial charge is 0.493 e. The highest BCUT2D eigenvalue weighted by molar-refractivity contribution is 6.05. The van der Waals surface area contributed by atoms with Gasteiger partial charge in [-0.15, -0.1) is 15.0 Å². The van der Waals surface area contributed by atoms with Crippen LogP contribution in [0.4, 0.5) is 5.69 Å². The van der Waals surface area contributed by atoms with Crippen LogP contribution in [-0.4, -0.2) is 64.9 Å². The number of allylic oxidation sites excluding steroid dienone is 1. The molecule has 11 nitrogen and oxygen atoms in total. The van der Waals surface area contributed by atoms with Crippen LogP contribution in [-0.2, 0) is 6.42 Å². The fourth-order valence-electron chi connectivity index (χ4n) is 5.56. The maximum Gasteiger partial charge on any atom is 0.291 e. The number of hydrogen-bond acceptors (Lipinski definition) is 9. The number of hydrogen-bond donors (Lipinski definition) is 1. The number of nitrogens with one attached hydrogen (secondary N) is 1. The van der Waals surface area contributed by atoms with Gasteiger partial charge in [0.05, 0.1) is 36.5 Å². The van der Waals surface area contributed by atoms with Crippen molar-refractivity contribution < 1.29 is 18.7 Å². The van der Waals surface area contributed by atoms with Crippen molar-refractivity contribution in [2.24, 2.45) is 0 Å². The maximum absolute atomic E-state index is 13.3. The molecule has 2 aromatic heterocycles. The second kappa shape index (κ2) is 13.7. The smallest absolute Gasteiger partial charge is 0.291 e. The van der Waals surface area contributed by atoms with E-state index < -0.39 is 5.91 Å². The number of benzene rings is 3. The molecule has 0 fully saturated rings. The van der Waals surface area contributed by atoms with Crippen molar-refractivity contribution in [1.82, 2.24) is 25.1 Å². The standard InChI is InChI=1S/C36H34N6O5/c1-5-24-16-18-41(22-25(24)6-2)17-15-23-11-13-26(14-12-23)42-39-35(38-40-42)28-19-32(45-3)33(46-4)20-29(28)37-36(44)34-21-30(43)27-9-7-8-10-31(27)47-34/h5-14,19-21H,1-2,15-18,22H2,3-4H3,(H,37,44). The molecule has 1 aliphatic heterocycles. The van der Waals surface area contributed by atoms with E-state index in [1.807, 2.05) is 24.3 Å². The Morgan fingerprint density at radius 3 is 2.49 bits per heavy atom. The summed E-state index contributed by atoms with van der Waals surface area (Å²) in [4.78, 5) is 29.8. The Hall–Kier alpha value is -5.81. The molecule has 0 saturated heterocycles. The third kappa shape index (κ3) is 6.61. The third-order valence-electron chi connectivity index (χ3n) is 8.17. The number of aromatic nitrogens is 4. The zero-order valence-electron chi connectivity index (χ0n) is 26.2. The summed E-state index contributed by atoms with van der Waals surface area (Å²) in [5.74, 6) is 0.234. The highest BCUT2D eigenvalue weighted by atomic mass is 16.5. The van der Waals surface area contributed by atoms with E-state index in [1.54, 1.807) is 36.4 Å². The van der Waals surface area contributed by atoms with Gasteiger partial charge in [-0.1, -0.05) is 49.6 Å². The molecule has 3 aromatic carbocycles. The minimum absolute atomic E-state index is 0.148. The number of methoxy groups -OCH3 is 2. The summed E-state index contributed by atoms with van der Waals surface area (Å²) in [7, 11) is 3.00. The normalized spacial score (nSPS) is 13.4. The summed E-state index contributed by atoms with van der Waals surface area (Å²) < 4.78 is 16.7. The molecular formula is C36H34N6O5. The Morgan fingerprint density at radius 1 is 1.00 bits per heavy atom. The second-order valence-corrected chi connectivity index (χ2v) is 11.0. The molecule has 1 aliphatic rings. The Labute approximate surface area is 271 Å². The number of carbonyl (C=O) groups excluding carboxylic acids is 1. The van der Waals surface area contributed by atoms with Crippen molar-refractivity contribution in [2.45, 2.75) is 12.8 Å². The lowest BCUT2D eigenvalue weighted by molar-refractivity contribution is 0.0997. The summed E-state index contributed by atoms with van der Waals surface area (Å²) in [5, 5.41) is 16.3. The Balaban J connectivity index is 1.22. The second-order valence-electron chi connectivity index (χ2n) is 11.0. The van der Waals surface area contributed by atoms with Crippen molar-refractivity contribution in [1.29, 1.82) is 0 Å². The van der Waals surface area contributed by atoms with Gasteiger partial charge in [-0.3, -0.25) is 14.5 Å². The summed E-state index contributed by atoms with van der Waals surface area (Å²) in [5.41, 5.74) is 5.16. The first-order valence-corrected chi connectivity index (χ1v) is 15.1. The highest BCUT2D eigenvalue weighted by Crippen LogP contribution is 2.38. The summed E-state index contributed by atoms with van der Waals surface area (Å²) in [6.07, 6.45) is 5.75. The lowest BCUT2D eigenvalue weighted by Gasteiger charge is -2.28. The van der Waals surface area contributed by atoms with Crippen LogP contribution in [0.15, 0.2) is 112 Å². The predicted octanol–water partition coefficient (Wildman–Crippen LogP) is 5.62. The van der Waals surface area contributed by atoms with E-state index in [-0.39, 0.29) is 17.0 Å². The molecule has 238 valence electrons. The van der Waals surface area contributed by atoms with Crippen LogP contribution in [0.2, 0.25) is 0 Å². The molecule has 0 bridgehead atoms. The van der Waals surface area contributed by atoms with Crippen LogP contribution < -0.4 is 20.2 Å². The molecule has 11 heteroatoms. The van der Waals surface area contributed by atoms with Gasteiger partial charge < -0.3 is 19.2 Å². The van der Waals surface area contributed by atoms with E-state index in [9.17, 15) is 9.59 Å². The number of ether oxygens (including phenoxy) is 2. The lowest BCUT2D eigenvalue weighted by Crippen LogP contribution is -2.32. The molecule has 1 amide bonds. The molecule has 0 radical (unpaired) electrons. The molecule has 3 heterocycles. The number of tetrazole rings is 1. The number of carbonyl (C=O) groups is 1. The van der Waals surface area contributed by atoms with Crippen molar-refractivity contribution >= 4 is 22.6 Å². The fraction of sp³-hybridized carbons (Fsp3) is 0.194. The Morgan fingerprint density at radius 2 is 1.74 bits per heavy atom. The maximum atomic E-state index is 13.3. The number of amides is 1. The van der Waals surface area contributed by atoms with Crippen LogP contribution in [0.3, 0.4) is 0 Å². The molecule has 47 heavy (non-hydrogen) atoms. The van der Waals surface area contributed by atoms with E-state index in [1.165, 1.54) is 35.7 Å². The molecular weight excluding hydrogens is 596 g/mol. The first-order chi connectivity index (χ1) is 22.9. The first kappa shape index (κ1) is 31.2. The summed E-state index contributed by atoms with van der Waals surface area (Å²) in [6, 6.07) is 19.2. The Kier molecular flexibility index (Phi) is 9.07. The van der Waals surface area contributed by atoms with E-state index in [0.717, 1.165) is 44.2 Å².